The number of nitrogens with zero attached hydrogens (tertiary/aromatic N) is 1. The van der Waals surface area contributed by atoms with Crippen molar-refractivity contribution in [2.75, 3.05) is 0 Å². The van der Waals surface area contributed by atoms with Crippen molar-refractivity contribution < 1.29 is 9.34 Å². The molecule has 0 radical (unpaired) electrons. The maximum absolute atomic E-state index is 11.3. The summed E-state index contributed by atoms with van der Waals surface area (Å²) in [6, 6.07) is 28.8. The number of hydrogen-bond donors (Lipinski definition) is 1. The molecule has 0 saturated carbocycles. The summed E-state index contributed by atoms with van der Waals surface area (Å²) < 4.78 is 6.29. The van der Waals surface area contributed by atoms with E-state index in [2.05, 4.69) is 4.98 Å². The minimum Gasteiger partial charge on any atom is -0.460 e. The van der Waals surface area contributed by atoms with Gasteiger partial charge in [0.1, 0.15) is 11.5 Å². The molecule has 5 rings (SSSR count). The highest BCUT2D eigenvalue weighted by Crippen LogP contribution is 2.39. The number of nitro benzene ring substituents is 1. The molecule has 2 aromatic heterocycles. The standard InChI is InChI=1S/C25H18N2O3/c28-27(29)19-11-12-22-20(15-19)21(16-26-22)25(18-9-5-2-6-10-18)24-14-13-23(30-24)17-7-3-1-4-8-17/h1-16,25-26H. The molecule has 5 nitrogen and oxygen atoms in total. The molecular formula is C25H18N2O3. The van der Waals surface area contributed by atoms with Crippen molar-refractivity contribution in [2.24, 2.45) is 0 Å². The molecule has 0 amide bonds. The summed E-state index contributed by atoms with van der Waals surface area (Å²) in [4.78, 5) is 14.2. The normalized spacial score (nSPS) is 12.1. The van der Waals surface area contributed by atoms with Gasteiger partial charge in [-0.1, -0.05) is 60.7 Å². The molecular weight excluding hydrogens is 376 g/mol. The van der Waals surface area contributed by atoms with Gasteiger partial charge in [0.2, 0.25) is 0 Å². The van der Waals surface area contributed by atoms with Crippen LogP contribution in [-0.2, 0) is 0 Å². The van der Waals surface area contributed by atoms with Crippen molar-refractivity contribution in [1.29, 1.82) is 0 Å². The molecule has 3 aromatic carbocycles. The van der Waals surface area contributed by atoms with E-state index < -0.39 is 0 Å². The summed E-state index contributed by atoms with van der Waals surface area (Å²) in [7, 11) is 0. The third-order valence-corrected chi connectivity index (χ3v) is 5.32. The molecule has 2 heterocycles. The van der Waals surface area contributed by atoms with Crippen molar-refractivity contribution in [2.45, 2.75) is 5.92 Å². The van der Waals surface area contributed by atoms with E-state index in [4.69, 9.17) is 4.42 Å². The Bertz CT molecular complexity index is 1320. The largest absolute Gasteiger partial charge is 0.460 e. The maximum atomic E-state index is 11.3. The van der Waals surface area contributed by atoms with Gasteiger partial charge in [0, 0.05) is 34.8 Å². The molecule has 5 aromatic rings. The molecule has 5 heteroatoms. The van der Waals surface area contributed by atoms with Crippen molar-refractivity contribution in [3.63, 3.8) is 0 Å². The molecule has 0 spiro atoms. The SMILES string of the molecule is O=[N+]([O-])c1ccc2[nH]cc(C(c3ccccc3)c3ccc(-c4ccccc4)o3)c2c1. The monoisotopic (exact) mass is 394 g/mol. The molecule has 0 bridgehead atoms. The highest BCUT2D eigenvalue weighted by Gasteiger charge is 2.24. The number of furan rings is 1. The number of nitrogens with one attached hydrogen (secondary N) is 1. The second-order valence-corrected chi connectivity index (χ2v) is 7.14. The minimum absolute atomic E-state index is 0.0691. The van der Waals surface area contributed by atoms with E-state index in [1.54, 1.807) is 12.1 Å². The van der Waals surface area contributed by atoms with Crippen LogP contribution in [0.1, 0.15) is 22.8 Å². The van der Waals surface area contributed by atoms with Crippen molar-refractivity contribution in [3.05, 3.63) is 124 Å². The number of nitro groups is 1. The first kappa shape index (κ1) is 17.9. The van der Waals surface area contributed by atoms with Gasteiger partial charge in [-0.05, 0) is 29.3 Å². The number of hydrogen-bond acceptors (Lipinski definition) is 3. The van der Waals surface area contributed by atoms with E-state index in [9.17, 15) is 10.1 Å². The highest BCUT2D eigenvalue weighted by molar-refractivity contribution is 5.86. The fraction of sp³-hybridized carbons (Fsp3) is 0.0400. The Morgan fingerprint density at radius 1 is 0.867 bits per heavy atom. The molecule has 0 aliphatic rings. The number of non-ortho nitro benzene ring substituents is 1. The maximum Gasteiger partial charge on any atom is 0.270 e. The summed E-state index contributed by atoms with van der Waals surface area (Å²) in [5.41, 5.74) is 3.92. The van der Waals surface area contributed by atoms with E-state index in [0.717, 1.165) is 39.1 Å². The summed E-state index contributed by atoms with van der Waals surface area (Å²) >= 11 is 0. The van der Waals surface area contributed by atoms with E-state index in [0.29, 0.717) is 0 Å². The number of rotatable bonds is 5. The van der Waals surface area contributed by atoms with Crippen molar-refractivity contribution in [1.82, 2.24) is 4.98 Å². The lowest BCUT2D eigenvalue weighted by molar-refractivity contribution is -0.384. The summed E-state index contributed by atoms with van der Waals surface area (Å²) in [5, 5.41) is 12.1. The van der Waals surface area contributed by atoms with Gasteiger partial charge in [0.15, 0.2) is 0 Å². The van der Waals surface area contributed by atoms with Crippen LogP contribution in [0, 0.1) is 10.1 Å². The molecule has 0 aliphatic carbocycles. The Kier molecular flexibility index (Phi) is 4.41. The Morgan fingerprint density at radius 3 is 2.33 bits per heavy atom. The fourth-order valence-corrected chi connectivity index (χ4v) is 3.89. The number of aromatic nitrogens is 1. The lowest BCUT2D eigenvalue weighted by Gasteiger charge is -2.15. The number of fused-ring (bicyclic) bond motifs is 1. The first-order chi connectivity index (χ1) is 14.7. The van der Waals surface area contributed by atoms with Crippen LogP contribution in [0.4, 0.5) is 5.69 Å². The number of aromatic amines is 1. The molecule has 1 unspecified atom stereocenters. The zero-order valence-corrected chi connectivity index (χ0v) is 16.0. The second kappa shape index (κ2) is 7.37. The van der Waals surface area contributed by atoms with Crippen molar-refractivity contribution in [3.8, 4) is 11.3 Å². The Morgan fingerprint density at radius 2 is 1.60 bits per heavy atom. The molecule has 1 N–H and O–H groups in total. The zero-order chi connectivity index (χ0) is 20.5. The number of H-pyrrole nitrogens is 1. The Balaban J connectivity index is 1.68. The van der Waals surface area contributed by atoms with Crippen LogP contribution in [0.25, 0.3) is 22.2 Å². The van der Waals surface area contributed by atoms with Crippen LogP contribution >= 0.6 is 0 Å². The third-order valence-electron chi connectivity index (χ3n) is 5.32. The van der Waals surface area contributed by atoms with Gasteiger partial charge >= 0.3 is 0 Å². The summed E-state index contributed by atoms with van der Waals surface area (Å²) in [6.07, 6.45) is 1.91. The van der Waals surface area contributed by atoms with Gasteiger partial charge in [-0.3, -0.25) is 10.1 Å². The highest BCUT2D eigenvalue weighted by atomic mass is 16.6. The Hall–Kier alpha value is -4.12. The van der Waals surface area contributed by atoms with Crippen LogP contribution < -0.4 is 0 Å². The van der Waals surface area contributed by atoms with Gasteiger partial charge in [-0.15, -0.1) is 0 Å². The minimum atomic E-state index is -0.367. The van der Waals surface area contributed by atoms with Crippen molar-refractivity contribution >= 4 is 16.6 Å². The first-order valence-electron chi connectivity index (χ1n) is 9.66. The fourth-order valence-electron chi connectivity index (χ4n) is 3.89. The van der Waals surface area contributed by atoms with Crippen LogP contribution in [-0.4, -0.2) is 9.91 Å². The molecule has 30 heavy (non-hydrogen) atoms. The molecule has 0 aliphatic heterocycles. The van der Waals surface area contributed by atoms with E-state index >= 15 is 0 Å². The van der Waals surface area contributed by atoms with E-state index in [1.807, 2.05) is 79.0 Å². The first-order valence-corrected chi connectivity index (χ1v) is 9.66. The molecule has 146 valence electrons. The molecule has 0 saturated heterocycles. The van der Waals surface area contributed by atoms with Gasteiger partial charge in [-0.2, -0.15) is 0 Å². The zero-order valence-electron chi connectivity index (χ0n) is 16.0. The lowest BCUT2D eigenvalue weighted by Crippen LogP contribution is -2.01. The van der Waals surface area contributed by atoms with E-state index in [-0.39, 0.29) is 16.5 Å². The predicted molar refractivity (Wildman–Crippen MR) is 116 cm³/mol. The van der Waals surface area contributed by atoms with Gasteiger partial charge in [0.25, 0.3) is 5.69 Å². The van der Waals surface area contributed by atoms with Crippen LogP contribution in [0.2, 0.25) is 0 Å². The average Bonchev–Trinajstić information content (AvgIpc) is 3.43. The number of benzene rings is 3. The topological polar surface area (TPSA) is 72.1 Å². The summed E-state index contributed by atoms with van der Waals surface area (Å²) in [5.74, 6) is 1.38. The van der Waals surface area contributed by atoms with Gasteiger partial charge in [-0.25, -0.2) is 0 Å². The lowest BCUT2D eigenvalue weighted by atomic mass is 9.89. The van der Waals surface area contributed by atoms with Crippen LogP contribution in [0.15, 0.2) is 102 Å². The van der Waals surface area contributed by atoms with E-state index in [1.165, 1.54) is 6.07 Å². The van der Waals surface area contributed by atoms with Crippen LogP contribution in [0.5, 0.6) is 0 Å². The quantitative estimate of drug-likeness (QED) is 0.272. The molecule has 0 fully saturated rings. The smallest absolute Gasteiger partial charge is 0.270 e. The third kappa shape index (κ3) is 3.16. The average molecular weight is 394 g/mol. The predicted octanol–water partition coefficient (Wildman–Crippen LogP) is 6.52. The van der Waals surface area contributed by atoms with Crippen LogP contribution in [0.3, 0.4) is 0 Å². The second-order valence-electron chi connectivity index (χ2n) is 7.14. The molecule has 1 atom stereocenters. The van der Waals surface area contributed by atoms with Gasteiger partial charge < -0.3 is 9.40 Å². The Labute approximate surface area is 172 Å². The van der Waals surface area contributed by atoms with Gasteiger partial charge in [0.05, 0.1) is 10.8 Å². The summed E-state index contributed by atoms with van der Waals surface area (Å²) in [6.45, 7) is 0.